The molecule has 14 heavy (non-hydrogen) atoms. The van der Waals surface area contributed by atoms with E-state index in [1.54, 1.807) is 7.11 Å². The van der Waals surface area contributed by atoms with E-state index < -0.39 is 0 Å². The van der Waals surface area contributed by atoms with Crippen LogP contribution >= 0.6 is 0 Å². The Bertz CT molecular complexity index is 324. The molecule has 1 heteroatoms. The maximum atomic E-state index is 5.31. The molecule has 1 aromatic rings. The maximum Gasteiger partial charge on any atom is 0.0805 e. The van der Waals surface area contributed by atoms with Crippen LogP contribution in [0.5, 0.6) is 0 Å². The fourth-order valence-corrected chi connectivity index (χ4v) is 1.13. The number of ether oxygens (including phenoxy) is 1. The van der Waals surface area contributed by atoms with E-state index in [4.69, 9.17) is 4.74 Å². The Morgan fingerprint density at radius 1 is 1.21 bits per heavy atom. The van der Waals surface area contributed by atoms with Crippen molar-refractivity contribution < 1.29 is 4.74 Å². The van der Waals surface area contributed by atoms with Crippen molar-refractivity contribution in [1.82, 2.24) is 0 Å². The van der Waals surface area contributed by atoms with Gasteiger partial charge in [-0.05, 0) is 31.9 Å². The fraction of sp³-hybridized carbons (Fsp3) is 0.385. The molecule has 0 aromatic heterocycles. The molecule has 0 radical (unpaired) electrons. The Balaban J connectivity index is 2.84. The average Bonchev–Trinajstić information content (AvgIpc) is 2.17. The van der Waals surface area contributed by atoms with Crippen LogP contribution in [0.2, 0.25) is 0 Å². The van der Waals surface area contributed by atoms with Crippen LogP contribution in [0.4, 0.5) is 0 Å². The van der Waals surface area contributed by atoms with Crippen LogP contribution < -0.4 is 0 Å². The lowest BCUT2D eigenvalue weighted by molar-refractivity contribution is 0.0663. The number of rotatable bonds is 3. The van der Waals surface area contributed by atoms with Gasteiger partial charge >= 0.3 is 0 Å². The third-order valence-corrected chi connectivity index (χ3v) is 2.38. The van der Waals surface area contributed by atoms with Crippen LogP contribution in [0.1, 0.15) is 25.0 Å². The van der Waals surface area contributed by atoms with Gasteiger partial charge in [-0.2, -0.15) is 0 Å². The van der Waals surface area contributed by atoms with E-state index in [1.165, 1.54) is 11.1 Å². The van der Waals surface area contributed by atoms with Gasteiger partial charge in [-0.15, -0.1) is 0 Å². The minimum atomic E-state index is -0.192. The van der Waals surface area contributed by atoms with Gasteiger partial charge < -0.3 is 4.74 Å². The summed E-state index contributed by atoms with van der Waals surface area (Å²) in [5, 5.41) is 0. The standard InChI is InChI=1S/C13H18O/c1-11-7-5-6-8-12(11)9-10-13(2,3)14-4/h5-10H,1-4H3. The molecule has 0 atom stereocenters. The van der Waals surface area contributed by atoms with E-state index in [2.05, 4.69) is 31.2 Å². The first-order valence-corrected chi connectivity index (χ1v) is 4.85. The third kappa shape index (κ3) is 3.00. The molecule has 1 rings (SSSR count). The highest BCUT2D eigenvalue weighted by molar-refractivity contribution is 5.54. The minimum Gasteiger partial charge on any atom is -0.375 e. The zero-order valence-electron chi connectivity index (χ0n) is 9.37. The van der Waals surface area contributed by atoms with Gasteiger partial charge in [-0.25, -0.2) is 0 Å². The molecule has 0 amide bonds. The molecule has 1 aromatic carbocycles. The van der Waals surface area contributed by atoms with Crippen molar-refractivity contribution in [3.05, 3.63) is 41.5 Å². The van der Waals surface area contributed by atoms with E-state index in [0.29, 0.717) is 0 Å². The molecule has 0 aliphatic heterocycles. The molecule has 76 valence electrons. The quantitative estimate of drug-likeness (QED) is 0.709. The van der Waals surface area contributed by atoms with E-state index in [1.807, 2.05) is 26.0 Å². The second kappa shape index (κ2) is 4.43. The van der Waals surface area contributed by atoms with Gasteiger partial charge in [0.25, 0.3) is 0 Å². The van der Waals surface area contributed by atoms with Crippen LogP contribution in [0.25, 0.3) is 6.08 Å². The third-order valence-electron chi connectivity index (χ3n) is 2.38. The normalized spacial score (nSPS) is 12.3. The van der Waals surface area contributed by atoms with Gasteiger partial charge in [-0.3, -0.25) is 0 Å². The van der Waals surface area contributed by atoms with Crippen LogP contribution in [0, 0.1) is 6.92 Å². The molecule has 0 N–H and O–H groups in total. The van der Waals surface area contributed by atoms with E-state index >= 15 is 0 Å². The van der Waals surface area contributed by atoms with Crippen molar-refractivity contribution in [3.8, 4) is 0 Å². The molecule has 0 unspecified atom stereocenters. The summed E-state index contributed by atoms with van der Waals surface area (Å²) in [6, 6.07) is 8.32. The van der Waals surface area contributed by atoms with Crippen molar-refractivity contribution in [2.45, 2.75) is 26.4 Å². The number of aryl methyl sites for hydroxylation is 1. The molecule has 0 saturated carbocycles. The molecule has 0 heterocycles. The SMILES string of the molecule is COC(C)(C)C=Cc1ccccc1C. The van der Waals surface area contributed by atoms with Crippen LogP contribution in [-0.2, 0) is 4.74 Å². The Morgan fingerprint density at radius 3 is 2.43 bits per heavy atom. The zero-order valence-corrected chi connectivity index (χ0v) is 9.37. The second-order valence-electron chi connectivity index (χ2n) is 4.00. The van der Waals surface area contributed by atoms with Crippen molar-refractivity contribution in [2.75, 3.05) is 7.11 Å². The Kier molecular flexibility index (Phi) is 3.48. The Labute approximate surface area is 86.4 Å². The van der Waals surface area contributed by atoms with Crippen molar-refractivity contribution in [1.29, 1.82) is 0 Å². The van der Waals surface area contributed by atoms with Crippen molar-refractivity contribution in [2.24, 2.45) is 0 Å². The number of methoxy groups -OCH3 is 1. The first kappa shape index (κ1) is 11.0. The first-order chi connectivity index (χ1) is 6.55. The van der Waals surface area contributed by atoms with Gasteiger partial charge in [-0.1, -0.05) is 36.4 Å². The summed E-state index contributed by atoms with van der Waals surface area (Å²) in [5.41, 5.74) is 2.34. The van der Waals surface area contributed by atoms with Gasteiger partial charge in [0, 0.05) is 7.11 Å². The van der Waals surface area contributed by atoms with Gasteiger partial charge in [0.1, 0.15) is 0 Å². The molecule has 0 aliphatic carbocycles. The molecule has 0 fully saturated rings. The van der Waals surface area contributed by atoms with E-state index in [0.717, 1.165) is 0 Å². The molecule has 0 saturated heterocycles. The average molecular weight is 190 g/mol. The Morgan fingerprint density at radius 2 is 1.86 bits per heavy atom. The molecule has 0 bridgehead atoms. The second-order valence-corrected chi connectivity index (χ2v) is 4.00. The first-order valence-electron chi connectivity index (χ1n) is 4.85. The van der Waals surface area contributed by atoms with Crippen molar-refractivity contribution in [3.63, 3.8) is 0 Å². The summed E-state index contributed by atoms with van der Waals surface area (Å²) >= 11 is 0. The number of benzene rings is 1. The molecular formula is C13H18O. The Hall–Kier alpha value is -1.08. The summed E-state index contributed by atoms with van der Waals surface area (Å²) in [6.07, 6.45) is 4.19. The fourth-order valence-electron chi connectivity index (χ4n) is 1.13. The molecular weight excluding hydrogens is 172 g/mol. The highest BCUT2D eigenvalue weighted by Crippen LogP contribution is 2.14. The number of hydrogen-bond acceptors (Lipinski definition) is 1. The van der Waals surface area contributed by atoms with E-state index in [-0.39, 0.29) is 5.60 Å². The smallest absolute Gasteiger partial charge is 0.0805 e. The molecule has 0 spiro atoms. The maximum absolute atomic E-state index is 5.31. The lowest BCUT2D eigenvalue weighted by Gasteiger charge is -2.17. The van der Waals surface area contributed by atoms with Gasteiger partial charge in [0.2, 0.25) is 0 Å². The summed E-state index contributed by atoms with van der Waals surface area (Å²) < 4.78 is 5.31. The summed E-state index contributed by atoms with van der Waals surface area (Å²) in [4.78, 5) is 0. The summed E-state index contributed by atoms with van der Waals surface area (Å²) in [5.74, 6) is 0. The lowest BCUT2D eigenvalue weighted by atomic mass is 10.0. The zero-order chi connectivity index (χ0) is 10.6. The summed E-state index contributed by atoms with van der Waals surface area (Å²) in [7, 11) is 1.72. The van der Waals surface area contributed by atoms with Gasteiger partial charge in [0.05, 0.1) is 5.60 Å². The van der Waals surface area contributed by atoms with Crippen LogP contribution in [0.3, 0.4) is 0 Å². The van der Waals surface area contributed by atoms with E-state index in [9.17, 15) is 0 Å². The summed E-state index contributed by atoms with van der Waals surface area (Å²) in [6.45, 7) is 6.20. The highest BCUT2D eigenvalue weighted by atomic mass is 16.5. The van der Waals surface area contributed by atoms with Crippen LogP contribution in [-0.4, -0.2) is 12.7 Å². The largest absolute Gasteiger partial charge is 0.375 e. The molecule has 0 aliphatic rings. The monoisotopic (exact) mass is 190 g/mol. The topological polar surface area (TPSA) is 9.23 Å². The minimum absolute atomic E-state index is 0.192. The lowest BCUT2D eigenvalue weighted by Crippen LogP contribution is -2.18. The van der Waals surface area contributed by atoms with Gasteiger partial charge in [0.15, 0.2) is 0 Å². The predicted octanol–water partition coefficient (Wildman–Crippen LogP) is 3.43. The predicted molar refractivity (Wildman–Crippen MR) is 61.3 cm³/mol. The van der Waals surface area contributed by atoms with Crippen LogP contribution in [0.15, 0.2) is 30.3 Å². The van der Waals surface area contributed by atoms with Crippen molar-refractivity contribution >= 4 is 6.08 Å². The number of hydrogen-bond donors (Lipinski definition) is 0. The molecule has 1 nitrogen and oxygen atoms in total. The highest BCUT2D eigenvalue weighted by Gasteiger charge is 2.10.